The fraction of sp³-hybridized carbons (Fsp3) is 0.619. The van der Waals surface area contributed by atoms with Gasteiger partial charge in [-0.3, -0.25) is 4.90 Å². The number of amides is 1. The van der Waals surface area contributed by atoms with E-state index in [4.69, 9.17) is 4.74 Å². The molecule has 2 aliphatic heterocycles. The molecule has 0 saturated carbocycles. The first-order valence-corrected chi connectivity index (χ1v) is 9.45. The molecule has 3 rings (SSSR count). The third-order valence-electron chi connectivity index (χ3n) is 5.53. The highest BCUT2D eigenvalue weighted by atomic mass is 16.6. The maximum Gasteiger partial charge on any atom is 0.410 e. The molecule has 1 aromatic rings. The number of carbonyl (C=O) groups excluding carboxylic acids is 1. The van der Waals surface area contributed by atoms with Crippen molar-refractivity contribution in [1.82, 2.24) is 9.80 Å². The molecule has 0 radical (unpaired) electrons. The number of likely N-dealkylation sites (tertiary alicyclic amines) is 2. The normalized spacial score (nSPS) is 23.0. The minimum atomic E-state index is -0.471. The maximum atomic E-state index is 12.3. The molecular weight excluding hydrogens is 326 g/mol. The van der Waals surface area contributed by atoms with Crippen molar-refractivity contribution in [3.63, 3.8) is 0 Å². The van der Waals surface area contributed by atoms with E-state index in [0.29, 0.717) is 13.1 Å². The first kappa shape index (κ1) is 18.7. The van der Waals surface area contributed by atoms with E-state index in [0.717, 1.165) is 32.5 Å². The van der Waals surface area contributed by atoms with Crippen molar-refractivity contribution in [2.75, 3.05) is 26.2 Å². The second-order valence-electron chi connectivity index (χ2n) is 8.67. The molecular formula is C21H29N3O2. The zero-order valence-electron chi connectivity index (χ0n) is 16.1. The molecule has 5 heteroatoms. The van der Waals surface area contributed by atoms with Gasteiger partial charge in [-0.2, -0.15) is 5.26 Å². The van der Waals surface area contributed by atoms with Crippen LogP contribution in [0.25, 0.3) is 0 Å². The molecule has 1 amide bonds. The molecule has 2 aliphatic rings. The van der Waals surface area contributed by atoms with E-state index in [-0.39, 0.29) is 17.4 Å². The van der Waals surface area contributed by atoms with Gasteiger partial charge in [-0.15, -0.1) is 0 Å². The van der Waals surface area contributed by atoms with Gasteiger partial charge >= 0.3 is 6.09 Å². The molecule has 0 N–H and O–H groups in total. The highest BCUT2D eigenvalue weighted by Crippen LogP contribution is 2.45. The summed E-state index contributed by atoms with van der Waals surface area (Å²) < 4.78 is 5.49. The Morgan fingerprint density at radius 3 is 2.50 bits per heavy atom. The third kappa shape index (κ3) is 4.19. The Labute approximate surface area is 156 Å². The topological polar surface area (TPSA) is 56.6 Å². The Bertz CT molecular complexity index is 667. The van der Waals surface area contributed by atoms with Gasteiger partial charge in [0.05, 0.1) is 12.0 Å². The average molecular weight is 355 g/mol. The smallest absolute Gasteiger partial charge is 0.410 e. The van der Waals surface area contributed by atoms with Crippen LogP contribution in [0.2, 0.25) is 0 Å². The number of ether oxygens (including phenoxy) is 1. The largest absolute Gasteiger partial charge is 0.444 e. The summed E-state index contributed by atoms with van der Waals surface area (Å²) in [5.41, 5.74) is 0.816. The van der Waals surface area contributed by atoms with E-state index in [1.807, 2.05) is 26.8 Å². The van der Waals surface area contributed by atoms with Crippen LogP contribution in [0, 0.1) is 22.7 Å². The van der Waals surface area contributed by atoms with E-state index in [1.54, 1.807) is 4.90 Å². The second kappa shape index (κ2) is 7.28. The number of nitriles is 1. The summed E-state index contributed by atoms with van der Waals surface area (Å²) in [5.74, 6) is 0.0343. The lowest BCUT2D eigenvalue weighted by atomic mass is 9.71. The van der Waals surface area contributed by atoms with Gasteiger partial charge in [-0.05, 0) is 39.2 Å². The van der Waals surface area contributed by atoms with Crippen LogP contribution in [0.3, 0.4) is 0 Å². The van der Waals surface area contributed by atoms with Crippen molar-refractivity contribution in [2.45, 2.75) is 45.8 Å². The van der Waals surface area contributed by atoms with Crippen LogP contribution >= 0.6 is 0 Å². The highest BCUT2D eigenvalue weighted by molar-refractivity contribution is 5.68. The standard InChI is InChI=1S/C21H29N3O2/c1-20(2,3)26-19(25)24-11-9-21(10-12-24)16-23(15-18(21)13-22)14-17-7-5-4-6-8-17/h4-8,18H,9-12,14-16H2,1-3H3. The lowest BCUT2D eigenvalue weighted by Gasteiger charge is -2.41. The minimum absolute atomic E-state index is 0.00203. The Hall–Kier alpha value is -2.06. The van der Waals surface area contributed by atoms with Gasteiger partial charge in [-0.1, -0.05) is 30.3 Å². The molecule has 1 spiro atoms. The van der Waals surface area contributed by atoms with Gasteiger partial charge in [-0.25, -0.2) is 4.79 Å². The van der Waals surface area contributed by atoms with Gasteiger partial charge in [0.15, 0.2) is 0 Å². The Morgan fingerprint density at radius 2 is 1.92 bits per heavy atom. The maximum absolute atomic E-state index is 12.3. The SMILES string of the molecule is CC(C)(C)OC(=O)N1CCC2(CC1)CN(Cc1ccccc1)CC2C#N. The van der Waals surface area contributed by atoms with Gasteiger partial charge in [0.25, 0.3) is 0 Å². The van der Waals surface area contributed by atoms with Crippen molar-refractivity contribution < 1.29 is 9.53 Å². The van der Waals surface area contributed by atoms with Crippen LogP contribution in [-0.4, -0.2) is 47.7 Å². The molecule has 0 aliphatic carbocycles. The molecule has 1 unspecified atom stereocenters. The summed E-state index contributed by atoms with van der Waals surface area (Å²) in [7, 11) is 0. The Kier molecular flexibility index (Phi) is 5.24. The van der Waals surface area contributed by atoms with Crippen LogP contribution in [0.5, 0.6) is 0 Å². The number of hydrogen-bond donors (Lipinski definition) is 0. The first-order chi connectivity index (χ1) is 12.3. The van der Waals surface area contributed by atoms with Crippen LogP contribution < -0.4 is 0 Å². The lowest BCUT2D eigenvalue weighted by molar-refractivity contribution is 0.00836. The fourth-order valence-corrected chi connectivity index (χ4v) is 4.18. The molecule has 0 aromatic heterocycles. The molecule has 1 aromatic carbocycles. The van der Waals surface area contributed by atoms with E-state index < -0.39 is 5.60 Å². The monoisotopic (exact) mass is 355 g/mol. The van der Waals surface area contributed by atoms with E-state index in [9.17, 15) is 10.1 Å². The zero-order valence-corrected chi connectivity index (χ0v) is 16.1. The van der Waals surface area contributed by atoms with E-state index in [2.05, 4.69) is 35.2 Å². The summed E-state index contributed by atoms with van der Waals surface area (Å²) in [5, 5.41) is 9.71. The van der Waals surface area contributed by atoms with E-state index in [1.165, 1.54) is 5.56 Å². The molecule has 5 nitrogen and oxygen atoms in total. The number of nitrogens with zero attached hydrogens (tertiary/aromatic N) is 3. The molecule has 2 fully saturated rings. The number of rotatable bonds is 2. The molecule has 2 saturated heterocycles. The van der Waals surface area contributed by atoms with Crippen LogP contribution in [0.4, 0.5) is 4.79 Å². The summed E-state index contributed by atoms with van der Waals surface area (Å²) >= 11 is 0. The van der Waals surface area contributed by atoms with Crippen molar-refractivity contribution in [2.24, 2.45) is 11.3 Å². The van der Waals surface area contributed by atoms with Crippen molar-refractivity contribution in [3.05, 3.63) is 35.9 Å². The van der Waals surface area contributed by atoms with Gasteiger partial charge < -0.3 is 9.64 Å². The van der Waals surface area contributed by atoms with Crippen LogP contribution in [0.1, 0.15) is 39.2 Å². The molecule has 26 heavy (non-hydrogen) atoms. The van der Waals surface area contributed by atoms with Crippen molar-refractivity contribution >= 4 is 6.09 Å². The predicted molar refractivity (Wildman–Crippen MR) is 100 cm³/mol. The molecule has 140 valence electrons. The quantitative estimate of drug-likeness (QED) is 0.812. The van der Waals surface area contributed by atoms with Gasteiger partial charge in [0, 0.05) is 38.1 Å². The summed E-state index contributed by atoms with van der Waals surface area (Å²) in [6.07, 6.45) is 1.51. The van der Waals surface area contributed by atoms with Crippen molar-refractivity contribution in [1.29, 1.82) is 5.26 Å². The third-order valence-corrected chi connectivity index (χ3v) is 5.53. The predicted octanol–water partition coefficient (Wildman–Crippen LogP) is 3.66. The first-order valence-electron chi connectivity index (χ1n) is 9.45. The number of piperidine rings is 1. The van der Waals surface area contributed by atoms with E-state index >= 15 is 0 Å². The molecule has 1 atom stereocenters. The summed E-state index contributed by atoms with van der Waals surface area (Å²) in [4.78, 5) is 16.5. The average Bonchev–Trinajstić information content (AvgIpc) is 2.91. The summed E-state index contributed by atoms with van der Waals surface area (Å²) in [6.45, 7) is 9.65. The fourth-order valence-electron chi connectivity index (χ4n) is 4.18. The molecule has 0 bridgehead atoms. The summed E-state index contributed by atoms with van der Waals surface area (Å²) in [6, 6.07) is 13.0. The lowest BCUT2D eigenvalue weighted by Crippen LogP contribution is -2.47. The minimum Gasteiger partial charge on any atom is -0.444 e. The second-order valence-corrected chi connectivity index (χ2v) is 8.67. The van der Waals surface area contributed by atoms with Gasteiger partial charge in [0.2, 0.25) is 0 Å². The zero-order chi connectivity index (χ0) is 18.8. The molecule has 2 heterocycles. The van der Waals surface area contributed by atoms with Crippen molar-refractivity contribution in [3.8, 4) is 6.07 Å². The van der Waals surface area contributed by atoms with Gasteiger partial charge in [0.1, 0.15) is 5.60 Å². The number of benzene rings is 1. The number of hydrogen-bond acceptors (Lipinski definition) is 4. The Balaban J connectivity index is 1.61. The Morgan fingerprint density at radius 1 is 1.27 bits per heavy atom. The van der Waals surface area contributed by atoms with Crippen LogP contribution in [0.15, 0.2) is 30.3 Å². The van der Waals surface area contributed by atoms with Crippen LogP contribution in [-0.2, 0) is 11.3 Å². The highest BCUT2D eigenvalue weighted by Gasteiger charge is 2.48. The number of carbonyl (C=O) groups is 1.